The van der Waals surface area contributed by atoms with E-state index in [0.29, 0.717) is 12.6 Å². The molecular formula is C14H29ClN2O2. The first-order valence-electron chi connectivity index (χ1n) is 7.06. The third-order valence-electron chi connectivity index (χ3n) is 3.49. The number of halogens is 1. The van der Waals surface area contributed by atoms with Gasteiger partial charge in [-0.2, -0.15) is 0 Å². The van der Waals surface area contributed by atoms with Crippen LogP contribution in [0, 0.1) is 5.41 Å². The van der Waals surface area contributed by atoms with E-state index in [4.69, 9.17) is 10.5 Å². The zero-order valence-corrected chi connectivity index (χ0v) is 13.2. The minimum absolute atomic E-state index is 0. The van der Waals surface area contributed by atoms with E-state index < -0.39 is 6.04 Å². The van der Waals surface area contributed by atoms with Gasteiger partial charge < -0.3 is 15.8 Å². The molecule has 0 unspecified atom stereocenters. The molecule has 1 saturated carbocycles. The molecule has 3 N–H and O–H groups in total. The van der Waals surface area contributed by atoms with Gasteiger partial charge >= 0.3 is 0 Å². The number of hydrogen-bond donors (Lipinski definition) is 2. The fourth-order valence-corrected chi connectivity index (χ4v) is 2.09. The topological polar surface area (TPSA) is 64.4 Å². The summed E-state index contributed by atoms with van der Waals surface area (Å²) in [5, 5.41) is 2.87. The molecule has 0 aliphatic heterocycles. The smallest absolute Gasteiger partial charge is 0.237 e. The summed E-state index contributed by atoms with van der Waals surface area (Å²) < 4.78 is 5.73. The Kier molecular flexibility index (Phi) is 8.62. The molecule has 114 valence electrons. The SMILES string of the molecule is CC(C)(C)[C@H](N)C(=O)NCCCOC1CCCC1.Cl. The highest BCUT2D eigenvalue weighted by molar-refractivity contribution is 5.85. The van der Waals surface area contributed by atoms with Crippen molar-refractivity contribution in [3.05, 3.63) is 0 Å². The first-order valence-corrected chi connectivity index (χ1v) is 7.06. The molecular weight excluding hydrogens is 264 g/mol. The number of rotatable bonds is 6. The molecule has 1 aliphatic carbocycles. The zero-order chi connectivity index (χ0) is 13.6. The van der Waals surface area contributed by atoms with Gasteiger partial charge in [0.15, 0.2) is 0 Å². The lowest BCUT2D eigenvalue weighted by Gasteiger charge is -2.25. The maximum absolute atomic E-state index is 11.7. The van der Waals surface area contributed by atoms with Crippen LogP contribution >= 0.6 is 12.4 Å². The quantitative estimate of drug-likeness (QED) is 0.738. The Morgan fingerprint density at radius 2 is 1.95 bits per heavy atom. The van der Waals surface area contributed by atoms with Crippen molar-refractivity contribution in [2.45, 2.75) is 65.0 Å². The summed E-state index contributed by atoms with van der Waals surface area (Å²) in [4.78, 5) is 11.7. The molecule has 0 aromatic carbocycles. The van der Waals surface area contributed by atoms with Crippen molar-refractivity contribution in [2.75, 3.05) is 13.2 Å². The van der Waals surface area contributed by atoms with Crippen LogP contribution in [0.25, 0.3) is 0 Å². The van der Waals surface area contributed by atoms with Crippen LogP contribution < -0.4 is 11.1 Å². The Morgan fingerprint density at radius 3 is 2.47 bits per heavy atom. The average molecular weight is 293 g/mol. The highest BCUT2D eigenvalue weighted by Crippen LogP contribution is 2.20. The maximum atomic E-state index is 11.7. The molecule has 19 heavy (non-hydrogen) atoms. The number of nitrogens with two attached hydrogens (primary N) is 1. The second-order valence-electron chi connectivity index (χ2n) is 6.27. The Morgan fingerprint density at radius 1 is 1.37 bits per heavy atom. The molecule has 0 spiro atoms. The van der Waals surface area contributed by atoms with E-state index in [1.807, 2.05) is 20.8 Å². The van der Waals surface area contributed by atoms with Crippen LogP contribution in [0.5, 0.6) is 0 Å². The predicted molar refractivity (Wildman–Crippen MR) is 80.5 cm³/mol. The molecule has 0 bridgehead atoms. The molecule has 1 rings (SSSR count). The number of hydrogen-bond acceptors (Lipinski definition) is 3. The van der Waals surface area contributed by atoms with Gasteiger partial charge in [-0.25, -0.2) is 0 Å². The van der Waals surface area contributed by atoms with Crippen LogP contribution in [0.15, 0.2) is 0 Å². The van der Waals surface area contributed by atoms with Gasteiger partial charge in [0.1, 0.15) is 0 Å². The van der Waals surface area contributed by atoms with E-state index in [9.17, 15) is 4.79 Å². The van der Waals surface area contributed by atoms with Crippen molar-refractivity contribution in [1.29, 1.82) is 0 Å². The van der Waals surface area contributed by atoms with Gasteiger partial charge in [0, 0.05) is 13.2 Å². The molecule has 0 aromatic heterocycles. The second-order valence-corrected chi connectivity index (χ2v) is 6.27. The number of amides is 1. The number of ether oxygens (including phenoxy) is 1. The number of nitrogens with one attached hydrogen (secondary N) is 1. The summed E-state index contributed by atoms with van der Waals surface area (Å²) in [6.45, 7) is 7.30. The number of carbonyl (C=O) groups is 1. The molecule has 1 fully saturated rings. The van der Waals surface area contributed by atoms with Crippen LogP contribution in [0.4, 0.5) is 0 Å². The van der Waals surface area contributed by atoms with E-state index in [0.717, 1.165) is 13.0 Å². The highest BCUT2D eigenvalue weighted by Gasteiger charge is 2.26. The van der Waals surface area contributed by atoms with Gasteiger partial charge in [-0.3, -0.25) is 4.79 Å². The molecule has 5 heteroatoms. The lowest BCUT2D eigenvalue weighted by atomic mass is 9.87. The normalized spacial score (nSPS) is 17.9. The predicted octanol–water partition coefficient (Wildman–Crippen LogP) is 2.25. The van der Waals surface area contributed by atoms with E-state index >= 15 is 0 Å². The summed E-state index contributed by atoms with van der Waals surface area (Å²) in [5.74, 6) is -0.0663. The van der Waals surface area contributed by atoms with Gasteiger partial charge in [0.25, 0.3) is 0 Å². The molecule has 0 aromatic rings. The van der Waals surface area contributed by atoms with Crippen LogP contribution in [0.2, 0.25) is 0 Å². The van der Waals surface area contributed by atoms with Gasteiger partial charge in [0.2, 0.25) is 5.91 Å². The average Bonchev–Trinajstić information content (AvgIpc) is 2.79. The summed E-state index contributed by atoms with van der Waals surface area (Å²) >= 11 is 0. The van der Waals surface area contributed by atoms with Crippen molar-refractivity contribution < 1.29 is 9.53 Å². The van der Waals surface area contributed by atoms with E-state index in [-0.39, 0.29) is 23.7 Å². The largest absolute Gasteiger partial charge is 0.378 e. The summed E-state index contributed by atoms with van der Waals surface area (Å²) in [6.07, 6.45) is 6.29. The molecule has 1 aliphatic rings. The van der Waals surface area contributed by atoms with Crippen molar-refractivity contribution >= 4 is 18.3 Å². The third-order valence-corrected chi connectivity index (χ3v) is 3.49. The van der Waals surface area contributed by atoms with Gasteiger partial charge in [-0.15, -0.1) is 12.4 Å². The maximum Gasteiger partial charge on any atom is 0.237 e. The molecule has 0 saturated heterocycles. The standard InChI is InChI=1S/C14H28N2O2.ClH/c1-14(2,3)12(15)13(17)16-9-6-10-18-11-7-4-5-8-11;/h11-12H,4-10,15H2,1-3H3,(H,16,17);1H/t12-;/m1./s1. The van der Waals surface area contributed by atoms with Gasteiger partial charge in [0.05, 0.1) is 12.1 Å². The summed E-state index contributed by atoms with van der Waals surface area (Å²) in [6, 6.07) is -0.451. The Balaban J connectivity index is 0.00000324. The van der Waals surface area contributed by atoms with Crippen LogP contribution in [-0.2, 0) is 9.53 Å². The van der Waals surface area contributed by atoms with E-state index in [1.165, 1.54) is 25.7 Å². The Labute approximate surface area is 123 Å². The van der Waals surface area contributed by atoms with Gasteiger partial charge in [-0.1, -0.05) is 33.6 Å². The highest BCUT2D eigenvalue weighted by atomic mass is 35.5. The lowest BCUT2D eigenvalue weighted by Crippen LogP contribution is -2.48. The first kappa shape index (κ1) is 18.7. The van der Waals surface area contributed by atoms with Crippen molar-refractivity contribution in [3.63, 3.8) is 0 Å². The first-order chi connectivity index (χ1) is 8.41. The van der Waals surface area contributed by atoms with Crippen molar-refractivity contribution in [3.8, 4) is 0 Å². The van der Waals surface area contributed by atoms with Gasteiger partial charge in [-0.05, 0) is 24.7 Å². The number of carbonyl (C=O) groups excluding carboxylic acids is 1. The molecule has 0 radical (unpaired) electrons. The summed E-state index contributed by atoms with van der Waals surface area (Å²) in [7, 11) is 0. The van der Waals surface area contributed by atoms with Crippen molar-refractivity contribution in [2.24, 2.45) is 11.1 Å². The summed E-state index contributed by atoms with van der Waals surface area (Å²) in [5.41, 5.74) is 5.68. The monoisotopic (exact) mass is 292 g/mol. The molecule has 0 heterocycles. The Hall–Kier alpha value is -0.320. The lowest BCUT2D eigenvalue weighted by molar-refractivity contribution is -0.124. The minimum atomic E-state index is -0.451. The second kappa shape index (κ2) is 8.77. The molecule has 1 atom stereocenters. The molecule has 1 amide bonds. The van der Waals surface area contributed by atoms with Crippen molar-refractivity contribution in [1.82, 2.24) is 5.32 Å². The minimum Gasteiger partial charge on any atom is -0.378 e. The van der Waals surface area contributed by atoms with Crippen LogP contribution in [-0.4, -0.2) is 31.2 Å². The molecule has 4 nitrogen and oxygen atoms in total. The Bertz CT molecular complexity index is 261. The fraction of sp³-hybridized carbons (Fsp3) is 0.929. The van der Waals surface area contributed by atoms with E-state index in [2.05, 4.69) is 5.32 Å². The van der Waals surface area contributed by atoms with Crippen LogP contribution in [0.3, 0.4) is 0 Å². The van der Waals surface area contributed by atoms with Crippen LogP contribution in [0.1, 0.15) is 52.9 Å². The zero-order valence-electron chi connectivity index (χ0n) is 12.4. The fourth-order valence-electron chi connectivity index (χ4n) is 2.09. The van der Waals surface area contributed by atoms with E-state index in [1.54, 1.807) is 0 Å². The third kappa shape index (κ3) is 7.14.